The quantitative estimate of drug-likeness (QED) is 0.175. The van der Waals surface area contributed by atoms with Gasteiger partial charge in [-0.1, -0.05) is 48.5 Å². The maximum Gasteiger partial charge on any atom is 0.341 e. The number of fused-ring (bicyclic) bond motifs is 2. The summed E-state index contributed by atoms with van der Waals surface area (Å²) in [5, 5.41) is 1.01. The van der Waals surface area contributed by atoms with Crippen molar-refractivity contribution < 1.29 is 31.3 Å². The SMILES string of the molecule is COC(=O)CCn1c(-c2ccccc2)c(C=CC2=[N+](C)c3ccc(S(=O)(=O)C(F)F)cc3C2(C)C)c2ccccc21. The first-order valence-corrected chi connectivity index (χ1v) is 14.7. The first-order chi connectivity index (χ1) is 19.5. The second-order valence-electron chi connectivity index (χ2n) is 10.5. The van der Waals surface area contributed by atoms with Gasteiger partial charge in [0.15, 0.2) is 5.71 Å². The summed E-state index contributed by atoms with van der Waals surface area (Å²) in [7, 11) is -1.47. The van der Waals surface area contributed by atoms with Gasteiger partial charge in [0, 0.05) is 40.7 Å². The molecule has 6 nitrogen and oxygen atoms in total. The molecule has 0 N–H and O–H groups in total. The Bertz CT molecular complexity index is 1820. The molecule has 0 radical (unpaired) electrons. The third-order valence-electron chi connectivity index (χ3n) is 7.80. The molecule has 9 heteroatoms. The Balaban J connectivity index is 1.65. The minimum atomic E-state index is -4.73. The van der Waals surface area contributed by atoms with Gasteiger partial charge in [-0.15, -0.1) is 0 Å². The van der Waals surface area contributed by atoms with E-state index in [0.717, 1.165) is 39.1 Å². The maximum atomic E-state index is 13.3. The summed E-state index contributed by atoms with van der Waals surface area (Å²) in [6.07, 6.45) is 4.25. The number of benzene rings is 3. The van der Waals surface area contributed by atoms with Crippen molar-refractivity contribution in [2.45, 2.75) is 42.9 Å². The number of carbonyl (C=O) groups is 1. The normalized spacial score (nSPS) is 14.8. The van der Waals surface area contributed by atoms with Crippen LogP contribution in [0.3, 0.4) is 0 Å². The highest BCUT2D eigenvalue weighted by atomic mass is 32.2. The van der Waals surface area contributed by atoms with E-state index in [1.165, 1.54) is 19.2 Å². The number of ether oxygens (including phenoxy) is 1. The first kappa shape index (κ1) is 28.4. The first-order valence-electron chi connectivity index (χ1n) is 13.2. The van der Waals surface area contributed by atoms with Gasteiger partial charge in [-0.25, -0.2) is 8.42 Å². The van der Waals surface area contributed by atoms with E-state index < -0.39 is 25.9 Å². The zero-order chi connectivity index (χ0) is 29.5. The molecule has 0 saturated carbocycles. The Morgan fingerprint density at radius 3 is 2.39 bits per heavy atom. The molecule has 0 amide bonds. The average Bonchev–Trinajstić information content (AvgIpc) is 3.38. The number of hydrogen-bond donors (Lipinski definition) is 0. The Morgan fingerprint density at radius 2 is 1.71 bits per heavy atom. The van der Waals surface area contributed by atoms with Crippen LogP contribution in [-0.2, 0) is 31.3 Å². The van der Waals surface area contributed by atoms with Gasteiger partial charge in [0.2, 0.25) is 15.5 Å². The van der Waals surface area contributed by atoms with Crippen molar-refractivity contribution in [3.05, 3.63) is 90.0 Å². The largest absolute Gasteiger partial charge is 0.469 e. The Kier molecular flexibility index (Phi) is 7.42. The van der Waals surface area contributed by atoms with Crippen molar-refractivity contribution in [1.82, 2.24) is 4.57 Å². The second-order valence-corrected chi connectivity index (χ2v) is 12.4. The predicted molar refractivity (Wildman–Crippen MR) is 157 cm³/mol. The molecule has 212 valence electrons. The van der Waals surface area contributed by atoms with E-state index in [-0.39, 0.29) is 12.4 Å². The molecule has 1 aliphatic heterocycles. The van der Waals surface area contributed by atoms with Crippen LogP contribution in [0.5, 0.6) is 0 Å². The van der Waals surface area contributed by atoms with E-state index in [2.05, 4.69) is 4.57 Å². The molecule has 1 aliphatic rings. The van der Waals surface area contributed by atoms with Crippen LogP contribution in [0, 0.1) is 0 Å². The molecule has 4 aromatic rings. The summed E-state index contributed by atoms with van der Waals surface area (Å²) >= 11 is 0. The van der Waals surface area contributed by atoms with Gasteiger partial charge in [-0.3, -0.25) is 4.79 Å². The molecule has 0 spiro atoms. The fourth-order valence-electron chi connectivity index (χ4n) is 5.70. The van der Waals surface area contributed by atoms with Crippen LogP contribution in [0.15, 0.2) is 83.8 Å². The van der Waals surface area contributed by atoms with Gasteiger partial charge in [0.1, 0.15) is 7.05 Å². The fourth-order valence-corrected chi connectivity index (χ4v) is 6.45. The Labute approximate surface area is 238 Å². The van der Waals surface area contributed by atoms with Crippen molar-refractivity contribution in [2.24, 2.45) is 0 Å². The van der Waals surface area contributed by atoms with Crippen molar-refractivity contribution in [2.75, 3.05) is 14.2 Å². The Hall–Kier alpha value is -4.11. The van der Waals surface area contributed by atoms with E-state index in [4.69, 9.17) is 4.74 Å². The van der Waals surface area contributed by atoms with Crippen molar-refractivity contribution in [1.29, 1.82) is 0 Å². The van der Waals surface area contributed by atoms with Crippen molar-refractivity contribution in [3.63, 3.8) is 0 Å². The van der Waals surface area contributed by atoms with Gasteiger partial charge >= 0.3 is 11.7 Å². The number of esters is 1. The Morgan fingerprint density at radius 1 is 1.02 bits per heavy atom. The van der Waals surface area contributed by atoms with Crippen molar-refractivity contribution in [3.8, 4) is 11.3 Å². The molecule has 41 heavy (non-hydrogen) atoms. The number of aromatic nitrogens is 1. The molecule has 0 unspecified atom stereocenters. The summed E-state index contributed by atoms with van der Waals surface area (Å²) < 4.78 is 60.0. The standard InChI is InChI=1S/C32H31F2N2O4S/c1-32(2)25-20-22(41(38,39)31(33)34)14-16-27(25)35(3)28(32)17-15-24-23-12-8-9-13-26(23)36(19-18-29(37)40-4)30(24)21-10-6-5-7-11-21/h5-17,20,31H,18-19H2,1-4H3/q+1. The number of methoxy groups -OCH3 is 1. The number of sulfone groups is 1. The number of carbonyl (C=O) groups excluding carboxylic acids is 1. The minimum absolute atomic E-state index is 0.213. The van der Waals surface area contributed by atoms with Gasteiger partial charge in [0.05, 0.1) is 29.5 Å². The number of halogens is 2. The molecule has 0 aliphatic carbocycles. The topological polar surface area (TPSA) is 68.4 Å². The monoisotopic (exact) mass is 577 g/mol. The van der Waals surface area contributed by atoms with E-state index in [0.29, 0.717) is 12.1 Å². The van der Waals surface area contributed by atoms with E-state index in [1.54, 1.807) is 6.07 Å². The highest BCUT2D eigenvalue weighted by Crippen LogP contribution is 2.42. The van der Waals surface area contributed by atoms with Crippen LogP contribution in [-0.4, -0.2) is 49.2 Å². The van der Waals surface area contributed by atoms with Crippen LogP contribution >= 0.6 is 0 Å². The molecule has 0 atom stereocenters. The third kappa shape index (κ3) is 4.88. The highest BCUT2D eigenvalue weighted by Gasteiger charge is 2.44. The lowest BCUT2D eigenvalue weighted by atomic mass is 9.81. The van der Waals surface area contributed by atoms with Crippen LogP contribution in [0.25, 0.3) is 28.2 Å². The number of nitrogens with zero attached hydrogens (tertiary/aromatic N) is 2. The molecule has 0 fully saturated rings. The van der Waals surface area contributed by atoms with Gasteiger partial charge < -0.3 is 9.30 Å². The number of para-hydroxylation sites is 1. The molecule has 3 aromatic carbocycles. The van der Waals surface area contributed by atoms with E-state index in [9.17, 15) is 22.0 Å². The molecular formula is C32H31F2N2O4S+. The predicted octanol–water partition coefficient (Wildman–Crippen LogP) is 6.59. The lowest BCUT2D eigenvalue weighted by molar-refractivity contribution is -0.401. The number of aryl methyl sites for hydroxylation is 1. The smallest absolute Gasteiger partial charge is 0.341 e. The number of alkyl halides is 2. The molecular weight excluding hydrogens is 546 g/mol. The summed E-state index contributed by atoms with van der Waals surface area (Å²) in [5.74, 6) is -3.78. The van der Waals surface area contributed by atoms with Crippen molar-refractivity contribution >= 4 is 44.2 Å². The van der Waals surface area contributed by atoms with Crippen LogP contribution in [0.2, 0.25) is 0 Å². The number of rotatable bonds is 8. The van der Waals surface area contributed by atoms with Crippen LogP contribution in [0.4, 0.5) is 14.5 Å². The number of allylic oxidation sites excluding steroid dienone is 1. The third-order valence-corrected chi connectivity index (χ3v) is 9.18. The highest BCUT2D eigenvalue weighted by molar-refractivity contribution is 7.91. The second kappa shape index (κ2) is 10.7. The minimum Gasteiger partial charge on any atom is -0.469 e. The number of hydrogen-bond acceptors (Lipinski definition) is 4. The zero-order valence-corrected chi connectivity index (χ0v) is 24.1. The molecule has 5 rings (SSSR count). The van der Waals surface area contributed by atoms with Crippen LogP contribution < -0.4 is 0 Å². The summed E-state index contributed by atoms with van der Waals surface area (Å²) in [6, 6.07) is 22.1. The van der Waals surface area contributed by atoms with Gasteiger partial charge in [0.25, 0.3) is 0 Å². The summed E-state index contributed by atoms with van der Waals surface area (Å²) in [6.45, 7) is 4.33. The maximum absolute atomic E-state index is 13.3. The molecule has 2 heterocycles. The lowest BCUT2D eigenvalue weighted by Gasteiger charge is -2.16. The summed E-state index contributed by atoms with van der Waals surface area (Å²) in [5.41, 5.74) is 5.51. The van der Waals surface area contributed by atoms with E-state index >= 15 is 0 Å². The fraction of sp³-hybridized carbons (Fsp3) is 0.250. The van der Waals surface area contributed by atoms with Gasteiger partial charge in [-0.05, 0) is 43.7 Å². The summed E-state index contributed by atoms with van der Waals surface area (Å²) in [4.78, 5) is 11.7. The van der Waals surface area contributed by atoms with Gasteiger partial charge in [-0.2, -0.15) is 13.4 Å². The molecule has 0 saturated heterocycles. The van der Waals surface area contributed by atoms with Crippen LogP contribution in [0.1, 0.15) is 31.4 Å². The molecule has 0 bridgehead atoms. The van der Waals surface area contributed by atoms with E-state index in [1.807, 2.05) is 92.2 Å². The average molecular weight is 578 g/mol. The molecule has 1 aromatic heterocycles. The zero-order valence-electron chi connectivity index (χ0n) is 23.3. The lowest BCUT2D eigenvalue weighted by Crippen LogP contribution is -2.26.